The lowest BCUT2D eigenvalue weighted by molar-refractivity contribution is 0.167. The highest BCUT2D eigenvalue weighted by atomic mass is 35.5. The monoisotopic (exact) mass is 409 g/mol. The molecule has 0 atom stereocenters. The summed E-state index contributed by atoms with van der Waals surface area (Å²) in [7, 11) is 0. The van der Waals surface area contributed by atoms with Gasteiger partial charge in [-0.3, -0.25) is 9.88 Å². The molecule has 29 heavy (non-hydrogen) atoms. The number of hydrogen-bond acceptors (Lipinski definition) is 6. The van der Waals surface area contributed by atoms with Crippen LogP contribution in [0, 0.1) is 31.1 Å². The Bertz CT molecular complexity index is 1040. The average molecular weight is 410 g/mol. The molecular formula is C22H24ClN5O. The fourth-order valence-electron chi connectivity index (χ4n) is 3.83. The van der Waals surface area contributed by atoms with E-state index in [0.717, 1.165) is 73.0 Å². The summed E-state index contributed by atoms with van der Waals surface area (Å²) in [5, 5.41) is 14.5. The zero-order valence-corrected chi connectivity index (χ0v) is 17.5. The van der Waals surface area contributed by atoms with Crippen LogP contribution in [0.4, 0.5) is 5.69 Å². The fraction of sp³-hybridized carbons (Fsp3) is 0.409. The van der Waals surface area contributed by atoms with Crippen molar-refractivity contribution < 1.29 is 4.42 Å². The van der Waals surface area contributed by atoms with Crippen LogP contribution in [0.3, 0.4) is 0 Å². The van der Waals surface area contributed by atoms with E-state index in [9.17, 15) is 5.26 Å². The highest BCUT2D eigenvalue weighted by Crippen LogP contribution is 2.29. The predicted octanol–water partition coefficient (Wildman–Crippen LogP) is 4.69. The van der Waals surface area contributed by atoms with Crippen molar-refractivity contribution in [3.63, 3.8) is 0 Å². The number of aryl methyl sites for hydroxylation is 2. The van der Waals surface area contributed by atoms with E-state index in [-0.39, 0.29) is 0 Å². The summed E-state index contributed by atoms with van der Waals surface area (Å²) in [5.74, 6) is 2.25. The quantitative estimate of drug-likeness (QED) is 0.658. The molecule has 0 unspecified atom stereocenters. The lowest BCUT2D eigenvalue weighted by Crippen LogP contribution is -2.35. The Morgan fingerprint density at radius 3 is 2.79 bits per heavy atom. The molecule has 1 aliphatic heterocycles. The van der Waals surface area contributed by atoms with Crippen LogP contribution in [0.1, 0.15) is 35.7 Å². The van der Waals surface area contributed by atoms with Crippen LogP contribution in [-0.4, -0.2) is 34.5 Å². The lowest BCUT2D eigenvalue weighted by Gasteiger charge is -2.31. The Morgan fingerprint density at radius 2 is 2.10 bits per heavy atom. The van der Waals surface area contributed by atoms with Crippen molar-refractivity contribution in [2.24, 2.45) is 5.92 Å². The maximum atomic E-state index is 9.50. The molecule has 6 nitrogen and oxygen atoms in total. The molecule has 4 rings (SSSR count). The van der Waals surface area contributed by atoms with Gasteiger partial charge >= 0.3 is 0 Å². The molecule has 2 aromatic heterocycles. The second-order valence-electron chi connectivity index (χ2n) is 7.67. The molecule has 3 aromatic rings. The molecule has 1 aliphatic rings. The Kier molecular flexibility index (Phi) is 5.70. The summed E-state index contributed by atoms with van der Waals surface area (Å²) in [5.41, 5.74) is 3.18. The second kappa shape index (κ2) is 8.40. The van der Waals surface area contributed by atoms with Gasteiger partial charge in [-0.05, 0) is 63.9 Å². The number of oxazole rings is 1. The largest absolute Gasteiger partial charge is 0.444 e. The van der Waals surface area contributed by atoms with Crippen LogP contribution in [0.15, 0.2) is 28.8 Å². The van der Waals surface area contributed by atoms with Crippen molar-refractivity contribution in [1.82, 2.24) is 14.9 Å². The van der Waals surface area contributed by atoms with Gasteiger partial charge in [-0.1, -0.05) is 11.6 Å². The minimum atomic E-state index is 0.548. The average Bonchev–Trinajstić information content (AvgIpc) is 3.04. The van der Waals surface area contributed by atoms with E-state index in [2.05, 4.69) is 26.3 Å². The number of hydrogen-bond donors (Lipinski definition) is 1. The van der Waals surface area contributed by atoms with Crippen molar-refractivity contribution in [1.29, 1.82) is 5.26 Å². The molecule has 7 heteroatoms. The fourth-order valence-corrected chi connectivity index (χ4v) is 4.01. The topological polar surface area (TPSA) is 78.0 Å². The number of fused-ring (bicyclic) bond motifs is 1. The van der Waals surface area contributed by atoms with E-state index in [1.54, 1.807) is 6.20 Å². The Hall–Kier alpha value is -2.62. The first-order chi connectivity index (χ1) is 14.0. The van der Waals surface area contributed by atoms with Crippen molar-refractivity contribution in [3.05, 3.63) is 52.3 Å². The van der Waals surface area contributed by atoms with Gasteiger partial charge in [-0.2, -0.15) is 5.26 Å². The second-order valence-corrected chi connectivity index (χ2v) is 8.11. The first kappa shape index (κ1) is 19.7. The number of anilines is 1. The minimum Gasteiger partial charge on any atom is -0.444 e. The molecule has 3 heterocycles. The predicted molar refractivity (Wildman–Crippen MR) is 114 cm³/mol. The van der Waals surface area contributed by atoms with E-state index in [1.807, 2.05) is 32.0 Å². The molecule has 0 bridgehead atoms. The molecule has 0 aliphatic carbocycles. The summed E-state index contributed by atoms with van der Waals surface area (Å²) in [4.78, 5) is 11.2. The zero-order chi connectivity index (χ0) is 20.4. The van der Waals surface area contributed by atoms with Gasteiger partial charge < -0.3 is 9.73 Å². The summed E-state index contributed by atoms with van der Waals surface area (Å²) in [6, 6.07) is 7.82. The molecule has 0 spiro atoms. The number of pyridine rings is 1. The molecule has 0 amide bonds. The van der Waals surface area contributed by atoms with E-state index in [1.165, 1.54) is 0 Å². The lowest BCUT2D eigenvalue weighted by atomic mass is 9.96. The van der Waals surface area contributed by atoms with Gasteiger partial charge in [0, 0.05) is 23.2 Å². The molecule has 0 radical (unpaired) electrons. The van der Waals surface area contributed by atoms with Crippen LogP contribution in [0.25, 0.3) is 10.9 Å². The maximum Gasteiger partial charge on any atom is 0.208 e. The van der Waals surface area contributed by atoms with Gasteiger partial charge in [0.25, 0.3) is 0 Å². The standard InChI is InChI=1S/C22H24ClN5O/c1-14-15(2)29-21(27-14)13-28-7-5-16(6-8-28)11-26-22-17(10-24)12-25-20-4-3-18(23)9-19(20)22/h3-4,9,12,16H,5-8,11,13H2,1-2H3,(H,25,26). The van der Waals surface area contributed by atoms with Crippen LogP contribution in [0.5, 0.6) is 0 Å². The first-order valence-electron chi connectivity index (χ1n) is 9.91. The van der Waals surface area contributed by atoms with Crippen LogP contribution >= 0.6 is 11.6 Å². The third kappa shape index (κ3) is 4.36. The maximum absolute atomic E-state index is 9.50. The highest BCUT2D eigenvalue weighted by Gasteiger charge is 2.21. The van der Waals surface area contributed by atoms with E-state index in [0.29, 0.717) is 16.5 Å². The van der Waals surface area contributed by atoms with Gasteiger partial charge in [-0.15, -0.1) is 0 Å². The normalized spacial score (nSPS) is 15.5. The molecule has 150 valence electrons. The van der Waals surface area contributed by atoms with Crippen LogP contribution in [0.2, 0.25) is 5.02 Å². The number of nitrogens with zero attached hydrogens (tertiary/aromatic N) is 4. The van der Waals surface area contributed by atoms with E-state index in [4.69, 9.17) is 16.0 Å². The van der Waals surface area contributed by atoms with Crippen molar-refractivity contribution in [2.45, 2.75) is 33.2 Å². The molecule has 1 fully saturated rings. The number of rotatable bonds is 5. The van der Waals surface area contributed by atoms with Crippen molar-refractivity contribution in [2.75, 3.05) is 25.0 Å². The van der Waals surface area contributed by atoms with E-state index >= 15 is 0 Å². The smallest absolute Gasteiger partial charge is 0.208 e. The SMILES string of the molecule is Cc1nc(CN2CCC(CNc3c(C#N)cnc4ccc(Cl)cc34)CC2)oc1C. The number of halogens is 1. The van der Waals surface area contributed by atoms with Gasteiger partial charge in [0.05, 0.1) is 29.0 Å². The summed E-state index contributed by atoms with van der Waals surface area (Å²) < 4.78 is 5.71. The summed E-state index contributed by atoms with van der Waals surface area (Å²) in [6.45, 7) is 7.55. The number of piperidine rings is 1. The number of benzene rings is 1. The molecule has 0 saturated carbocycles. The van der Waals surface area contributed by atoms with Gasteiger partial charge in [0.1, 0.15) is 11.8 Å². The Morgan fingerprint density at radius 1 is 1.31 bits per heavy atom. The molecule has 1 saturated heterocycles. The third-order valence-corrected chi connectivity index (χ3v) is 5.89. The number of nitrogens with one attached hydrogen (secondary N) is 1. The van der Waals surface area contributed by atoms with E-state index < -0.39 is 0 Å². The van der Waals surface area contributed by atoms with Gasteiger partial charge in [0.15, 0.2) is 0 Å². The van der Waals surface area contributed by atoms with Crippen LogP contribution < -0.4 is 5.32 Å². The number of nitriles is 1. The molecule has 1 aromatic carbocycles. The third-order valence-electron chi connectivity index (χ3n) is 5.66. The molecule has 1 N–H and O–H groups in total. The first-order valence-corrected chi connectivity index (χ1v) is 10.3. The Balaban J connectivity index is 1.38. The number of likely N-dealkylation sites (tertiary alicyclic amines) is 1. The number of aromatic nitrogens is 2. The molecular weight excluding hydrogens is 386 g/mol. The Labute approximate surface area is 175 Å². The van der Waals surface area contributed by atoms with Crippen molar-refractivity contribution >= 4 is 28.2 Å². The van der Waals surface area contributed by atoms with Crippen LogP contribution in [-0.2, 0) is 6.54 Å². The summed E-state index contributed by atoms with van der Waals surface area (Å²) in [6.07, 6.45) is 3.82. The van der Waals surface area contributed by atoms with Gasteiger partial charge in [0.2, 0.25) is 5.89 Å². The van der Waals surface area contributed by atoms with Crippen molar-refractivity contribution in [3.8, 4) is 6.07 Å². The highest BCUT2D eigenvalue weighted by molar-refractivity contribution is 6.31. The minimum absolute atomic E-state index is 0.548. The summed E-state index contributed by atoms with van der Waals surface area (Å²) >= 11 is 6.17. The van der Waals surface area contributed by atoms with Gasteiger partial charge in [-0.25, -0.2) is 4.98 Å². The zero-order valence-electron chi connectivity index (χ0n) is 16.7.